The third-order valence-electron chi connectivity index (χ3n) is 3.60. The predicted octanol–water partition coefficient (Wildman–Crippen LogP) is 1.97. The van der Waals surface area contributed by atoms with Gasteiger partial charge in [0.25, 0.3) is 0 Å². The molecule has 1 aromatic rings. The zero-order chi connectivity index (χ0) is 13.3. The van der Waals surface area contributed by atoms with Crippen molar-refractivity contribution in [2.75, 3.05) is 40.0 Å². The molecule has 3 nitrogen and oxygen atoms in total. The molecule has 2 rings (SSSR count). The second-order valence-electron chi connectivity index (χ2n) is 5.06. The minimum atomic E-state index is 0.759. The van der Waals surface area contributed by atoms with E-state index in [1.54, 1.807) is 18.2 Å². The van der Waals surface area contributed by atoms with Gasteiger partial charge in [-0.1, -0.05) is 18.2 Å². The van der Waals surface area contributed by atoms with Gasteiger partial charge in [0.2, 0.25) is 0 Å². The van der Waals surface area contributed by atoms with Crippen LogP contribution in [0.4, 0.5) is 0 Å². The lowest BCUT2D eigenvalue weighted by Crippen LogP contribution is -2.23. The monoisotopic (exact) mass is 263 g/mol. The second-order valence-corrected chi connectivity index (χ2v) is 5.06. The number of nitrogens with one attached hydrogen (secondary N) is 1. The highest BCUT2D eigenvalue weighted by molar-refractivity contribution is 5.35. The first kappa shape index (κ1) is 14.5. The lowest BCUT2D eigenvalue weighted by molar-refractivity contribution is 0.135. The highest BCUT2D eigenvalue weighted by Gasteiger charge is 2.10. The molecule has 0 fully saturated rings. The summed E-state index contributed by atoms with van der Waals surface area (Å²) in [5.41, 5.74) is 4.51. The van der Waals surface area contributed by atoms with Crippen LogP contribution in [0.25, 0.3) is 0 Å². The molecule has 0 spiro atoms. The van der Waals surface area contributed by atoms with E-state index in [1.165, 1.54) is 24.8 Å². The van der Waals surface area contributed by atoms with Crippen LogP contribution in [0.5, 0.6) is 0 Å². The average Bonchev–Trinajstić information content (AvgIpc) is 2.89. The van der Waals surface area contributed by atoms with Crippen molar-refractivity contribution in [1.82, 2.24) is 5.32 Å². The Morgan fingerprint density at radius 3 is 2.79 bits per heavy atom. The fraction of sp³-hybridized carbons (Fsp3) is 0.625. The third-order valence-corrected chi connectivity index (χ3v) is 3.60. The Morgan fingerprint density at radius 1 is 1.05 bits per heavy atom. The summed E-state index contributed by atoms with van der Waals surface area (Å²) >= 11 is 0. The van der Waals surface area contributed by atoms with Gasteiger partial charge in [-0.25, -0.2) is 0 Å². The van der Waals surface area contributed by atoms with E-state index in [0.717, 1.165) is 39.3 Å². The molecule has 0 saturated heterocycles. The van der Waals surface area contributed by atoms with Crippen LogP contribution in [0.15, 0.2) is 18.2 Å². The van der Waals surface area contributed by atoms with Crippen LogP contribution in [-0.4, -0.2) is 40.0 Å². The Bertz CT molecular complexity index is 379. The molecule has 0 aromatic heterocycles. The minimum absolute atomic E-state index is 0.759. The largest absolute Gasteiger partial charge is 0.383 e. The first-order valence-electron chi connectivity index (χ1n) is 7.28. The van der Waals surface area contributed by atoms with Gasteiger partial charge in [-0.05, 0) is 42.4 Å². The van der Waals surface area contributed by atoms with Crippen molar-refractivity contribution < 1.29 is 9.47 Å². The van der Waals surface area contributed by atoms with Crippen LogP contribution < -0.4 is 5.32 Å². The number of hydrogen-bond donors (Lipinski definition) is 1. The maximum Gasteiger partial charge on any atom is 0.0591 e. The Labute approximate surface area is 116 Å². The average molecular weight is 263 g/mol. The van der Waals surface area contributed by atoms with Crippen LogP contribution in [0, 0.1) is 0 Å². The van der Waals surface area contributed by atoms with Gasteiger partial charge < -0.3 is 14.8 Å². The smallest absolute Gasteiger partial charge is 0.0591 e. The van der Waals surface area contributed by atoms with Gasteiger partial charge in [-0.15, -0.1) is 0 Å². The van der Waals surface area contributed by atoms with Crippen LogP contribution in [-0.2, 0) is 28.7 Å². The number of ether oxygens (including phenoxy) is 2. The molecule has 106 valence electrons. The summed E-state index contributed by atoms with van der Waals surface area (Å²) in [6.45, 7) is 4.13. The molecule has 0 saturated carbocycles. The van der Waals surface area contributed by atoms with Gasteiger partial charge in [0, 0.05) is 20.2 Å². The van der Waals surface area contributed by atoms with Crippen molar-refractivity contribution >= 4 is 0 Å². The van der Waals surface area contributed by atoms with E-state index in [9.17, 15) is 0 Å². The Hall–Kier alpha value is -0.900. The number of hydrogen-bond acceptors (Lipinski definition) is 3. The van der Waals surface area contributed by atoms with Crippen molar-refractivity contribution in [3.8, 4) is 0 Å². The molecule has 3 heteroatoms. The third kappa shape index (κ3) is 4.94. The van der Waals surface area contributed by atoms with Crippen molar-refractivity contribution in [2.24, 2.45) is 0 Å². The summed E-state index contributed by atoms with van der Waals surface area (Å²) < 4.78 is 10.6. The highest BCUT2D eigenvalue weighted by Crippen LogP contribution is 2.22. The molecule has 1 aromatic carbocycles. The van der Waals surface area contributed by atoms with E-state index in [-0.39, 0.29) is 0 Å². The first-order valence-corrected chi connectivity index (χ1v) is 7.28. The van der Waals surface area contributed by atoms with E-state index >= 15 is 0 Å². The maximum atomic E-state index is 5.63. The number of methoxy groups -OCH3 is 1. The van der Waals surface area contributed by atoms with E-state index < -0.39 is 0 Å². The molecule has 0 atom stereocenters. The van der Waals surface area contributed by atoms with Crippen molar-refractivity contribution in [1.29, 1.82) is 0 Å². The van der Waals surface area contributed by atoms with Gasteiger partial charge in [0.1, 0.15) is 0 Å². The summed E-state index contributed by atoms with van der Waals surface area (Å²) in [6, 6.07) is 6.91. The summed E-state index contributed by atoms with van der Waals surface area (Å²) in [7, 11) is 1.72. The van der Waals surface area contributed by atoms with Crippen molar-refractivity contribution in [3.63, 3.8) is 0 Å². The standard InChI is InChI=1S/C16H25NO2/c1-18-11-8-17-9-12-19-10-7-14-5-6-15-3-2-4-16(15)13-14/h5-6,13,17H,2-4,7-12H2,1H3. The predicted molar refractivity (Wildman–Crippen MR) is 77.7 cm³/mol. The van der Waals surface area contributed by atoms with Gasteiger partial charge >= 0.3 is 0 Å². The molecule has 0 heterocycles. The number of aryl methyl sites for hydroxylation is 2. The van der Waals surface area contributed by atoms with Gasteiger partial charge in [0.05, 0.1) is 19.8 Å². The maximum absolute atomic E-state index is 5.63. The van der Waals surface area contributed by atoms with Gasteiger partial charge in [0.15, 0.2) is 0 Å². The Morgan fingerprint density at radius 2 is 1.89 bits per heavy atom. The molecule has 1 aliphatic rings. The van der Waals surface area contributed by atoms with E-state index in [2.05, 4.69) is 23.5 Å². The van der Waals surface area contributed by atoms with Crippen LogP contribution in [0.3, 0.4) is 0 Å². The Balaban J connectivity index is 1.56. The topological polar surface area (TPSA) is 30.5 Å². The molecule has 0 unspecified atom stereocenters. The Kier molecular flexibility index (Phi) is 6.34. The summed E-state index contributed by atoms with van der Waals surface area (Å²) in [5.74, 6) is 0. The normalized spacial score (nSPS) is 13.7. The minimum Gasteiger partial charge on any atom is -0.383 e. The summed E-state index contributed by atoms with van der Waals surface area (Å²) in [6.07, 6.45) is 4.86. The number of fused-ring (bicyclic) bond motifs is 1. The van der Waals surface area contributed by atoms with Crippen LogP contribution >= 0.6 is 0 Å². The quantitative estimate of drug-likeness (QED) is 0.691. The molecule has 1 N–H and O–H groups in total. The fourth-order valence-corrected chi connectivity index (χ4v) is 2.52. The highest BCUT2D eigenvalue weighted by atomic mass is 16.5. The molecular weight excluding hydrogens is 238 g/mol. The van der Waals surface area contributed by atoms with E-state index in [4.69, 9.17) is 9.47 Å². The fourth-order valence-electron chi connectivity index (χ4n) is 2.52. The first-order chi connectivity index (χ1) is 9.40. The molecule has 0 amide bonds. The van der Waals surface area contributed by atoms with E-state index in [1.807, 2.05) is 0 Å². The van der Waals surface area contributed by atoms with Gasteiger partial charge in [-0.2, -0.15) is 0 Å². The van der Waals surface area contributed by atoms with Crippen LogP contribution in [0.1, 0.15) is 23.1 Å². The molecule has 19 heavy (non-hydrogen) atoms. The zero-order valence-electron chi connectivity index (χ0n) is 11.9. The molecule has 0 radical (unpaired) electrons. The zero-order valence-corrected chi connectivity index (χ0v) is 11.9. The van der Waals surface area contributed by atoms with Gasteiger partial charge in [-0.3, -0.25) is 0 Å². The van der Waals surface area contributed by atoms with E-state index in [0.29, 0.717) is 0 Å². The molecule has 0 aliphatic heterocycles. The number of benzene rings is 1. The summed E-state index contributed by atoms with van der Waals surface area (Å²) in [4.78, 5) is 0. The lowest BCUT2D eigenvalue weighted by Gasteiger charge is -2.07. The molecule has 1 aliphatic carbocycles. The van der Waals surface area contributed by atoms with Crippen molar-refractivity contribution in [3.05, 3.63) is 34.9 Å². The SMILES string of the molecule is COCCNCCOCCc1ccc2c(c1)CCC2. The van der Waals surface area contributed by atoms with Crippen molar-refractivity contribution in [2.45, 2.75) is 25.7 Å². The number of rotatable bonds is 9. The molecular formula is C16H25NO2. The van der Waals surface area contributed by atoms with Crippen LogP contribution in [0.2, 0.25) is 0 Å². The molecule has 0 bridgehead atoms. The summed E-state index contributed by atoms with van der Waals surface area (Å²) in [5, 5.41) is 3.27. The second kappa shape index (κ2) is 8.31. The lowest BCUT2D eigenvalue weighted by atomic mass is 10.0.